The van der Waals surface area contributed by atoms with Crippen molar-refractivity contribution in [2.24, 2.45) is 0 Å². The van der Waals surface area contributed by atoms with E-state index in [-0.39, 0.29) is 12.1 Å². The number of nitrogens with zero attached hydrogens (tertiary/aromatic N) is 2. The normalized spacial score (nSPS) is 17.6. The molecule has 1 aromatic rings. The number of aliphatic hydroxyl groups is 1. The first-order valence-electron chi connectivity index (χ1n) is 7.61. The zero-order valence-corrected chi connectivity index (χ0v) is 12.9. The van der Waals surface area contributed by atoms with Gasteiger partial charge in [0.15, 0.2) is 0 Å². The quantitative estimate of drug-likeness (QED) is 0.891. The smallest absolute Gasteiger partial charge is 0.321 e. The fourth-order valence-electron chi connectivity index (χ4n) is 2.49. The molecule has 0 spiro atoms. The minimum atomic E-state index is -0.266. The minimum Gasteiger partial charge on any atom is -0.392 e. The Balaban J connectivity index is 1.80. The van der Waals surface area contributed by atoms with Crippen LogP contribution in [0.15, 0.2) is 24.3 Å². The second-order valence-corrected chi connectivity index (χ2v) is 5.65. The number of hydrogen-bond acceptors (Lipinski definition) is 3. The number of aryl methyl sites for hydroxylation is 1. The van der Waals surface area contributed by atoms with Crippen LogP contribution in [0.2, 0.25) is 0 Å². The summed E-state index contributed by atoms with van der Waals surface area (Å²) in [5, 5.41) is 12.6. The van der Waals surface area contributed by atoms with E-state index in [9.17, 15) is 9.90 Å². The number of β-amino-alcohol motifs (C(OH)–C–C–N with tert-alkyl or cyclic N) is 1. The largest absolute Gasteiger partial charge is 0.392 e. The number of piperazine rings is 1. The Hall–Kier alpha value is -1.59. The number of amides is 2. The first kappa shape index (κ1) is 15.8. The van der Waals surface area contributed by atoms with Gasteiger partial charge in [0.1, 0.15) is 0 Å². The Labute approximate surface area is 126 Å². The standard InChI is InChI=1S/C16H25N3O2/c1-3-15(20)12-18-7-9-19(10-8-18)16(21)17-14-6-4-5-13(2)11-14/h4-6,11,15,20H,3,7-10,12H2,1-2H3,(H,17,21)/t15-/m0/s1. The Morgan fingerprint density at radius 3 is 2.67 bits per heavy atom. The van der Waals surface area contributed by atoms with Crippen molar-refractivity contribution in [2.75, 3.05) is 38.0 Å². The maximum Gasteiger partial charge on any atom is 0.321 e. The van der Waals surface area contributed by atoms with Crippen molar-refractivity contribution >= 4 is 11.7 Å². The van der Waals surface area contributed by atoms with Crippen molar-refractivity contribution in [1.29, 1.82) is 0 Å². The lowest BCUT2D eigenvalue weighted by Gasteiger charge is -2.35. The van der Waals surface area contributed by atoms with Crippen LogP contribution in [0.1, 0.15) is 18.9 Å². The summed E-state index contributed by atoms with van der Waals surface area (Å²) >= 11 is 0. The van der Waals surface area contributed by atoms with E-state index in [0.29, 0.717) is 19.6 Å². The van der Waals surface area contributed by atoms with Crippen molar-refractivity contribution in [2.45, 2.75) is 26.4 Å². The number of anilines is 1. The second kappa shape index (κ2) is 7.43. The topological polar surface area (TPSA) is 55.8 Å². The van der Waals surface area contributed by atoms with Gasteiger partial charge in [-0.05, 0) is 31.0 Å². The van der Waals surface area contributed by atoms with E-state index in [1.54, 1.807) is 0 Å². The lowest BCUT2D eigenvalue weighted by atomic mass is 10.2. The van der Waals surface area contributed by atoms with Crippen molar-refractivity contribution in [3.05, 3.63) is 29.8 Å². The van der Waals surface area contributed by atoms with Crippen LogP contribution < -0.4 is 5.32 Å². The summed E-state index contributed by atoms with van der Waals surface area (Å²) in [7, 11) is 0. The number of carbonyl (C=O) groups is 1. The van der Waals surface area contributed by atoms with Gasteiger partial charge in [0.2, 0.25) is 0 Å². The van der Waals surface area contributed by atoms with Gasteiger partial charge in [0.25, 0.3) is 0 Å². The fraction of sp³-hybridized carbons (Fsp3) is 0.562. The maximum atomic E-state index is 12.2. The number of hydrogen-bond donors (Lipinski definition) is 2. The zero-order chi connectivity index (χ0) is 15.2. The van der Waals surface area contributed by atoms with Crippen molar-refractivity contribution in [3.63, 3.8) is 0 Å². The predicted octanol–water partition coefficient (Wildman–Crippen LogP) is 1.92. The summed E-state index contributed by atoms with van der Waals surface area (Å²) in [5.74, 6) is 0. The number of benzene rings is 1. The van der Waals surface area contributed by atoms with Gasteiger partial charge >= 0.3 is 6.03 Å². The van der Waals surface area contributed by atoms with Gasteiger partial charge in [0, 0.05) is 38.4 Å². The number of nitrogens with one attached hydrogen (secondary N) is 1. The van der Waals surface area contributed by atoms with Crippen LogP contribution in [0, 0.1) is 6.92 Å². The second-order valence-electron chi connectivity index (χ2n) is 5.65. The molecule has 5 nitrogen and oxygen atoms in total. The molecule has 1 aromatic carbocycles. The Kier molecular flexibility index (Phi) is 5.59. The van der Waals surface area contributed by atoms with E-state index in [1.807, 2.05) is 43.0 Å². The molecule has 2 N–H and O–H groups in total. The number of rotatable bonds is 4. The monoisotopic (exact) mass is 291 g/mol. The summed E-state index contributed by atoms with van der Waals surface area (Å²) in [6, 6.07) is 7.77. The molecule has 21 heavy (non-hydrogen) atoms. The van der Waals surface area contributed by atoms with E-state index in [2.05, 4.69) is 10.2 Å². The molecule has 1 aliphatic rings. The SMILES string of the molecule is CC[C@H](O)CN1CCN(C(=O)Nc2cccc(C)c2)CC1. The van der Waals surface area contributed by atoms with Crippen LogP contribution in [0.3, 0.4) is 0 Å². The summed E-state index contributed by atoms with van der Waals surface area (Å²) in [6.45, 7) is 7.73. The molecular weight excluding hydrogens is 266 g/mol. The average Bonchev–Trinajstić information content (AvgIpc) is 2.47. The molecule has 2 amide bonds. The van der Waals surface area contributed by atoms with Crippen LogP contribution in [0.4, 0.5) is 10.5 Å². The summed E-state index contributed by atoms with van der Waals surface area (Å²) < 4.78 is 0. The first-order chi connectivity index (χ1) is 10.1. The minimum absolute atomic E-state index is 0.0451. The van der Waals surface area contributed by atoms with Gasteiger partial charge in [-0.15, -0.1) is 0 Å². The third kappa shape index (κ3) is 4.72. The molecule has 0 aliphatic carbocycles. The average molecular weight is 291 g/mol. The van der Waals surface area contributed by atoms with Crippen molar-refractivity contribution in [3.8, 4) is 0 Å². The highest BCUT2D eigenvalue weighted by atomic mass is 16.3. The summed E-state index contributed by atoms with van der Waals surface area (Å²) in [6.07, 6.45) is 0.506. The van der Waals surface area contributed by atoms with Crippen LogP contribution >= 0.6 is 0 Å². The van der Waals surface area contributed by atoms with Crippen LogP contribution in [-0.2, 0) is 0 Å². The highest BCUT2D eigenvalue weighted by molar-refractivity contribution is 5.89. The maximum absolute atomic E-state index is 12.2. The van der Waals surface area contributed by atoms with Crippen molar-refractivity contribution in [1.82, 2.24) is 9.80 Å². The molecule has 0 aromatic heterocycles. The predicted molar refractivity (Wildman–Crippen MR) is 84.5 cm³/mol. The third-order valence-electron chi connectivity index (χ3n) is 3.87. The molecule has 0 unspecified atom stereocenters. The lowest BCUT2D eigenvalue weighted by Crippen LogP contribution is -2.51. The van der Waals surface area contributed by atoms with Gasteiger partial charge < -0.3 is 15.3 Å². The molecule has 1 atom stereocenters. The van der Waals surface area contributed by atoms with E-state index < -0.39 is 0 Å². The summed E-state index contributed by atoms with van der Waals surface area (Å²) in [4.78, 5) is 16.3. The van der Waals surface area contributed by atoms with Gasteiger partial charge in [-0.2, -0.15) is 0 Å². The molecule has 1 fully saturated rings. The molecule has 2 rings (SSSR count). The van der Waals surface area contributed by atoms with Crippen molar-refractivity contribution < 1.29 is 9.90 Å². The molecule has 0 saturated carbocycles. The molecule has 1 aliphatic heterocycles. The van der Waals surface area contributed by atoms with Gasteiger partial charge in [0.05, 0.1) is 6.10 Å². The van der Waals surface area contributed by atoms with Gasteiger partial charge in [-0.1, -0.05) is 19.1 Å². The molecule has 1 heterocycles. The fourth-order valence-corrected chi connectivity index (χ4v) is 2.49. The third-order valence-corrected chi connectivity index (χ3v) is 3.87. The summed E-state index contributed by atoms with van der Waals surface area (Å²) in [5.41, 5.74) is 1.97. The number of urea groups is 1. The lowest BCUT2D eigenvalue weighted by molar-refractivity contribution is 0.0812. The number of carbonyl (C=O) groups excluding carboxylic acids is 1. The van der Waals surface area contributed by atoms with E-state index >= 15 is 0 Å². The molecule has 116 valence electrons. The molecular formula is C16H25N3O2. The highest BCUT2D eigenvalue weighted by Crippen LogP contribution is 2.11. The van der Waals surface area contributed by atoms with Crippen LogP contribution in [0.25, 0.3) is 0 Å². The van der Waals surface area contributed by atoms with E-state index in [4.69, 9.17) is 0 Å². The first-order valence-corrected chi connectivity index (χ1v) is 7.61. The zero-order valence-electron chi connectivity index (χ0n) is 12.9. The van der Waals surface area contributed by atoms with E-state index in [1.165, 1.54) is 0 Å². The molecule has 5 heteroatoms. The van der Waals surface area contributed by atoms with Gasteiger partial charge in [-0.3, -0.25) is 4.90 Å². The Bertz CT molecular complexity index is 470. The van der Waals surface area contributed by atoms with Crippen LogP contribution in [0.5, 0.6) is 0 Å². The van der Waals surface area contributed by atoms with Gasteiger partial charge in [-0.25, -0.2) is 4.79 Å². The molecule has 0 radical (unpaired) electrons. The number of aliphatic hydroxyl groups excluding tert-OH is 1. The molecule has 1 saturated heterocycles. The Morgan fingerprint density at radius 1 is 1.33 bits per heavy atom. The highest BCUT2D eigenvalue weighted by Gasteiger charge is 2.22. The van der Waals surface area contributed by atoms with Crippen LogP contribution in [-0.4, -0.2) is 59.8 Å². The van der Waals surface area contributed by atoms with E-state index in [0.717, 1.165) is 30.8 Å². The molecule has 0 bridgehead atoms. The Morgan fingerprint density at radius 2 is 2.05 bits per heavy atom.